The Morgan fingerprint density at radius 1 is 1.24 bits per heavy atom. The average Bonchev–Trinajstić information content (AvgIpc) is 2.45. The highest BCUT2D eigenvalue weighted by Gasteiger charge is 2.20. The molecule has 0 spiro atoms. The fourth-order valence-electron chi connectivity index (χ4n) is 1.89. The van der Waals surface area contributed by atoms with Gasteiger partial charge in [0.15, 0.2) is 18.2 Å². The Hall–Kier alpha value is -2.76. The molecule has 0 aliphatic rings. The first-order chi connectivity index (χ1) is 10.0. The van der Waals surface area contributed by atoms with Crippen molar-refractivity contribution in [2.24, 2.45) is 0 Å². The van der Waals surface area contributed by atoms with Gasteiger partial charge in [-0.25, -0.2) is 4.39 Å². The summed E-state index contributed by atoms with van der Waals surface area (Å²) in [4.78, 5) is 22.1. The molecule has 108 valence electrons. The Labute approximate surface area is 120 Å². The fraction of sp³-hybridized carbons (Fsp3) is 0.133. The van der Waals surface area contributed by atoms with Gasteiger partial charge in [-0.05, 0) is 18.6 Å². The number of ether oxygens (including phenoxy) is 1. The zero-order chi connectivity index (χ0) is 15.4. The third kappa shape index (κ3) is 3.22. The highest BCUT2D eigenvalue weighted by atomic mass is 19.1. The zero-order valence-electron chi connectivity index (χ0n) is 11.2. The summed E-state index contributed by atoms with van der Waals surface area (Å²) in [5.74, 6) is -1.77. The molecule has 5 nitrogen and oxygen atoms in total. The van der Waals surface area contributed by atoms with Gasteiger partial charge < -0.3 is 4.74 Å². The number of aryl methyl sites for hydroxylation is 1. The van der Waals surface area contributed by atoms with Crippen molar-refractivity contribution < 1.29 is 18.8 Å². The van der Waals surface area contributed by atoms with Crippen molar-refractivity contribution in [3.8, 4) is 5.75 Å². The molecule has 0 N–H and O–H groups in total. The number of nitrogens with zero attached hydrogens (tertiary/aromatic N) is 1. The Kier molecular flexibility index (Phi) is 4.27. The fourth-order valence-corrected chi connectivity index (χ4v) is 1.89. The molecule has 0 bridgehead atoms. The van der Waals surface area contributed by atoms with Crippen molar-refractivity contribution in [1.29, 1.82) is 0 Å². The highest BCUT2D eigenvalue weighted by molar-refractivity contribution is 5.98. The van der Waals surface area contributed by atoms with E-state index in [0.29, 0.717) is 5.56 Å². The molecule has 0 heterocycles. The van der Waals surface area contributed by atoms with Crippen LogP contribution in [0.5, 0.6) is 5.75 Å². The number of Topliss-reactive ketones (excluding diaryl/α,β-unsaturated/α-hetero) is 1. The molecule has 0 aliphatic heterocycles. The molecule has 6 heteroatoms. The van der Waals surface area contributed by atoms with Crippen molar-refractivity contribution in [1.82, 2.24) is 0 Å². The first-order valence-electron chi connectivity index (χ1n) is 6.15. The Bertz CT molecular complexity index is 700. The number of carbonyl (C=O) groups excluding carboxylic acids is 1. The van der Waals surface area contributed by atoms with Crippen LogP contribution in [0.1, 0.15) is 15.9 Å². The number of hydrogen-bond donors (Lipinski definition) is 0. The van der Waals surface area contributed by atoms with Gasteiger partial charge in [-0.15, -0.1) is 0 Å². The van der Waals surface area contributed by atoms with Crippen molar-refractivity contribution in [3.05, 3.63) is 69.5 Å². The lowest BCUT2D eigenvalue weighted by Gasteiger charge is -2.08. The maximum Gasteiger partial charge on any atom is 0.314 e. The second-order valence-electron chi connectivity index (χ2n) is 4.37. The van der Waals surface area contributed by atoms with E-state index in [1.807, 2.05) is 0 Å². The van der Waals surface area contributed by atoms with E-state index in [4.69, 9.17) is 4.74 Å². The van der Waals surface area contributed by atoms with Gasteiger partial charge in [0, 0.05) is 11.6 Å². The van der Waals surface area contributed by atoms with Gasteiger partial charge in [0.2, 0.25) is 5.75 Å². The van der Waals surface area contributed by atoms with E-state index in [9.17, 15) is 19.3 Å². The smallest absolute Gasteiger partial charge is 0.314 e. The number of rotatable bonds is 5. The first kappa shape index (κ1) is 14.6. The lowest BCUT2D eigenvalue weighted by Crippen LogP contribution is -2.14. The SMILES string of the molecule is Cc1ccccc1C(=O)COc1c(F)cccc1[N+](=O)[O-]. The minimum Gasteiger partial charge on any atom is -0.476 e. The van der Waals surface area contributed by atoms with E-state index in [-0.39, 0.29) is 5.78 Å². The number of ketones is 1. The molecule has 0 radical (unpaired) electrons. The maximum absolute atomic E-state index is 13.6. The number of carbonyl (C=O) groups is 1. The van der Waals surface area contributed by atoms with Gasteiger partial charge >= 0.3 is 5.69 Å². The van der Waals surface area contributed by atoms with Crippen LogP contribution in [-0.2, 0) is 0 Å². The van der Waals surface area contributed by atoms with Crippen LogP contribution in [0.15, 0.2) is 42.5 Å². The summed E-state index contributed by atoms with van der Waals surface area (Å²) >= 11 is 0. The molecule has 0 saturated heterocycles. The molecule has 2 aromatic rings. The number of halogens is 1. The minimum absolute atomic E-state index is 0.370. The molecule has 21 heavy (non-hydrogen) atoms. The first-order valence-corrected chi connectivity index (χ1v) is 6.15. The minimum atomic E-state index is -0.873. The maximum atomic E-state index is 13.6. The van der Waals surface area contributed by atoms with Crippen LogP contribution in [0, 0.1) is 22.9 Å². The van der Waals surface area contributed by atoms with Crippen LogP contribution in [0.3, 0.4) is 0 Å². The molecule has 0 aliphatic carbocycles. The normalized spacial score (nSPS) is 10.2. The number of para-hydroxylation sites is 1. The second kappa shape index (κ2) is 6.13. The van der Waals surface area contributed by atoms with Crippen LogP contribution in [-0.4, -0.2) is 17.3 Å². The van der Waals surface area contributed by atoms with E-state index in [0.717, 1.165) is 17.7 Å². The molecular weight excluding hydrogens is 277 g/mol. The van der Waals surface area contributed by atoms with E-state index in [1.54, 1.807) is 31.2 Å². The van der Waals surface area contributed by atoms with Gasteiger partial charge in [0.1, 0.15) is 0 Å². The standard InChI is InChI=1S/C15H12FNO4/c1-10-5-2-3-6-11(10)14(18)9-21-15-12(16)7-4-8-13(15)17(19)20/h2-8H,9H2,1H3. The lowest BCUT2D eigenvalue weighted by molar-refractivity contribution is -0.386. The molecule has 0 fully saturated rings. The van der Waals surface area contributed by atoms with Gasteiger partial charge in [-0.2, -0.15) is 0 Å². The molecule has 0 aromatic heterocycles. The molecule has 0 atom stereocenters. The van der Waals surface area contributed by atoms with Gasteiger partial charge in [0.25, 0.3) is 0 Å². The molecular formula is C15H12FNO4. The van der Waals surface area contributed by atoms with E-state index in [1.165, 1.54) is 6.07 Å². The van der Waals surface area contributed by atoms with Crippen molar-refractivity contribution in [2.45, 2.75) is 6.92 Å². The number of hydrogen-bond acceptors (Lipinski definition) is 4. The molecule has 2 aromatic carbocycles. The second-order valence-corrected chi connectivity index (χ2v) is 4.37. The molecule has 2 rings (SSSR count). The van der Waals surface area contributed by atoms with E-state index >= 15 is 0 Å². The summed E-state index contributed by atoms with van der Waals surface area (Å²) in [6, 6.07) is 10.2. The van der Waals surface area contributed by atoms with E-state index in [2.05, 4.69) is 0 Å². The van der Waals surface area contributed by atoms with Gasteiger partial charge in [-0.3, -0.25) is 14.9 Å². The zero-order valence-corrected chi connectivity index (χ0v) is 11.2. The predicted molar refractivity (Wildman–Crippen MR) is 74.1 cm³/mol. The highest BCUT2D eigenvalue weighted by Crippen LogP contribution is 2.29. The number of nitro benzene ring substituents is 1. The quantitative estimate of drug-likeness (QED) is 0.481. The largest absolute Gasteiger partial charge is 0.476 e. The Morgan fingerprint density at radius 3 is 2.62 bits per heavy atom. The molecule has 0 unspecified atom stereocenters. The van der Waals surface area contributed by atoms with Gasteiger partial charge in [0.05, 0.1) is 4.92 Å². The topological polar surface area (TPSA) is 69.4 Å². The van der Waals surface area contributed by atoms with E-state index < -0.39 is 28.8 Å². The Balaban J connectivity index is 2.19. The summed E-state index contributed by atoms with van der Waals surface area (Å²) in [5.41, 5.74) is 0.693. The van der Waals surface area contributed by atoms with Gasteiger partial charge in [-0.1, -0.05) is 30.3 Å². The van der Waals surface area contributed by atoms with Crippen molar-refractivity contribution in [2.75, 3.05) is 6.61 Å². The summed E-state index contributed by atoms with van der Waals surface area (Å²) in [7, 11) is 0. The van der Waals surface area contributed by atoms with Crippen LogP contribution < -0.4 is 4.74 Å². The summed E-state index contributed by atoms with van der Waals surface area (Å²) in [6.45, 7) is 1.30. The Morgan fingerprint density at radius 2 is 1.95 bits per heavy atom. The van der Waals surface area contributed by atoms with Crippen LogP contribution in [0.2, 0.25) is 0 Å². The summed E-state index contributed by atoms with van der Waals surface area (Å²) in [6.07, 6.45) is 0. The summed E-state index contributed by atoms with van der Waals surface area (Å²) in [5, 5.41) is 10.8. The number of benzene rings is 2. The molecule has 0 saturated carbocycles. The van der Waals surface area contributed by atoms with Crippen LogP contribution in [0.4, 0.5) is 10.1 Å². The van der Waals surface area contributed by atoms with Crippen molar-refractivity contribution >= 4 is 11.5 Å². The molecule has 0 amide bonds. The average molecular weight is 289 g/mol. The third-order valence-electron chi connectivity index (χ3n) is 2.94. The number of nitro groups is 1. The van der Waals surface area contributed by atoms with Crippen molar-refractivity contribution in [3.63, 3.8) is 0 Å². The summed E-state index contributed by atoms with van der Waals surface area (Å²) < 4.78 is 18.6. The lowest BCUT2D eigenvalue weighted by atomic mass is 10.1. The third-order valence-corrected chi connectivity index (χ3v) is 2.94. The predicted octanol–water partition coefficient (Wildman–Crippen LogP) is 3.30. The monoisotopic (exact) mass is 289 g/mol. The van der Waals surface area contributed by atoms with Crippen LogP contribution >= 0.6 is 0 Å². The van der Waals surface area contributed by atoms with Crippen LogP contribution in [0.25, 0.3) is 0 Å².